The van der Waals surface area contributed by atoms with Crippen LogP contribution in [0.3, 0.4) is 0 Å². The van der Waals surface area contributed by atoms with Crippen LogP contribution in [0.25, 0.3) is 0 Å². The third kappa shape index (κ3) is 2.70. The van der Waals surface area contributed by atoms with Gasteiger partial charge in [-0.05, 0) is 40.2 Å². The van der Waals surface area contributed by atoms with E-state index in [9.17, 15) is 0 Å². The van der Waals surface area contributed by atoms with Crippen molar-refractivity contribution in [2.24, 2.45) is 0 Å². The highest BCUT2D eigenvalue weighted by Crippen LogP contribution is 2.23. The summed E-state index contributed by atoms with van der Waals surface area (Å²) >= 11 is 5.13. The van der Waals surface area contributed by atoms with Crippen molar-refractivity contribution in [2.75, 3.05) is 11.1 Å². The van der Waals surface area contributed by atoms with E-state index in [-0.39, 0.29) is 0 Å². The SMILES string of the molecule is Nc1ncccc1NCc1ccc(Br)s1. The average molecular weight is 284 g/mol. The molecule has 2 aromatic rings. The number of hydrogen-bond donors (Lipinski definition) is 2. The van der Waals surface area contributed by atoms with Crippen LogP contribution in [0, 0.1) is 0 Å². The Balaban J connectivity index is 2.02. The zero-order valence-electron chi connectivity index (χ0n) is 7.90. The number of halogens is 1. The fourth-order valence-corrected chi connectivity index (χ4v) is 2.62. The molecule has 78 valence electrons. The summed E-state index contributed by atoms with van der Waals surface area (Å²) in [4.78, 5) is 5.26. The predicted octanol–water partition coefficient (Wildman–Crippen LogP) is 3.10. The molecule has 5 heteroatoms. The van der Waals surface area contributed by atoms with E-state index < -0.39 is 0 Å². The van der Waals surface area contributed by atoms with Gasteiger partial charge in [-0.25, -0.2) is 4.98 Å². The maximum Gasteiger partial charge on any atom is 0.146 e. The Morgan fingerprint density at radius 2 is 2.27 bits per heavy atom. The second kappa shape index (κ2) is 4.63. The molecule has 0 aromatic carbocycles. The molecular weight excluding hydrogens is 274 g/mol. The number of rotatable bonds is 3. The van der Waals surface area contributed by atoms with Crippen LogP contribution in [-0.4, -0.2) is 4.98 Å². The molecule has 0 amide bonds. The fourth-order valence-electron chi connectivity index (χ4n) is 1.20. The number of aromatic nitrogens is 1. The van der Waals surface area contributed by atoms with Gasteiger partial charge in [0.2, 0.25) is 0 Å². The van der Waals surface area contributed by atoms with Crippen molar-refractivity contribution < 1.29 is 0 Å². The first-order valence-electron chi connectivity index (χ1n) is 4.44. The lowest BCUT2D eigenvalue weighted by Gasteiger charge is -2.06. The van der Waals surface area contributed by atoms with Gasteiger partial charge in [-0.2, -0.15) is 0 Å². The Bertz CT molecular complexity index is 455. The summed E-state index contributed by atoms with van der Waals surface area (Å²) in [5.41, 5.74) is 6.59. The molecule has 0 fully saturated rings. The van der Waals surface area contributed by atoms with Gasteiger partial charge in [0.25, 0.3) is 0 Å². The number of nitrogens with two attached hydrogens (primary N) is 1. The number of anilines is 2. The third-order valence-electron chi connectivity index (χ3n) is 1.92. The van der Waals surface area contributed by atoms with Gasteiger partial charge >= 0.3 is 0 Å². The lowest BCUT2D eigenvalue weighted by atomic mass is 10.3. The van der Waals surface area contributed by atoms with Crippen molar-refractivity contribution in [1.82, 2.24) is 4.98 Å². The number of nitrogen functional groups attached to an aromatic ring is 1. The molecule has 0 spiro atoms. The van der Waals surface area contributed by atoms with Gasteiger partial charge in [0.15, 0.2) is 0 Å². The van der Waals surface area contributed by atoms with Gasteiger partial charge in [0.05, 0.1) is 9.47 Å². The number of hydrogen-bond acceptors (Lipinski definition) is 4. The molecule has 0 aliphatic heterocycles. The molecule has 0 aliphatic carbocycles. The first kappa shape index (κ1) is 10.4. The summed E-state index contributed by atoms with van der Waals surface area (Å²) in [7, 11) is 0. The fraction of sp³-hybridized carbons (Fsp3) is 0.100. The Morgan fingerprint density at radius 3 is 2.93 bits per heavy atom. The van der Waals surface area contributed by atoms with E-state index in [1.807, 2.05) is 18.2 Å². The first-order chi connectivity index (χ1) is 7.25. The first-order valence-corrected chi connectivity index (χ1v) is 6.05. The van der Waals surface area contributed by atoms with Crippen LogP contribution in [0.4, 0.5) is 11.5 Å². The highest BCUT2D eigenvalue weighted by Gasteiger charge is 2.00. The Hall–Kier alpha value is -1.07. The van der Waals surface area contributed by atoms with Crippen LogP contribution < -0.4 is 11.1 Å². The molecule has 15 heavy (non-hydrogen) atoms. The van der Waals surface area contributed by atoms with Crippen molar-refractivity contribution in [1.29, 1.82) is 0 Å². The lowest BCUT2D eigenvalue weighted by molar-refractivity contribution is 1.18. The molecule has 3 N–H and O–H groups in total. The Morgan fingerprint density at radius 1 is 1.40 bits per heavy atom. The van der Waals surface area contributed by atoms with E-state index in [0.29, 0.717) is 5.82 Å². The van der Waals surface area contributed by atoms with Gasteiger partial charge in [-0.1, -0.05) is 0 Å². The summed E-state index contributed by atoms with van der Waals surface area (Å²) < 4.78 is 1.14. The lowest BCUT2D eigenvalue weighted by Crippen LogP contribution is -2.02. The van der Waals surface area contributed by atoms with Gasteiger partial charge in [0.1, 0.15) is 5.82 Å². The van der Waals surface area contributed by atoms with E-state index in [4.69, 9.17) is 5.73 Å². The van der Waals surface area contributed by atoms with E-state index >= 15 is 0 Å². The average Bonchev–Trinajstić information content (AvgIpc) is 2.63. The molecule has 3 nitrogen and oxygen atoms in total. The smallest absolute Gasteiger partial charge is 0.146 e. The van der Waals surface area contributed by atoms with Crippen LogP contribution >= 0.6 is 27.3 Å². The topological polar surface area (TPSA) is 50.9 Å². The van der Waals surface area contributed by atoms with E-state index in [1.165, 1.54) is 4.88 Å². The van der Waals surface area contributed by atoms with E-state index in [0.717, 1.165) is 16.0 Å². The quantitative estimate of drug-likeness (QED) is 0.910. The van der Waals surface area contributed by atoms with Crippen molar-refractivity contribution in [3.8, 4) is 0 Å². The second-order valence-electron chi connectivity index (χ2n) is 3.00. The van der Waals surface area contributed by atoms with Crippen LogP contribution in [0.5, 0.6) is 0 Å². The summed E-state index contributed by atoms with van der Waals surface area (Å²) in [5, 5.41) is 3.24. The number of pyridine rings is 1. The zero-order chi connectivity index (χ0) is 10.7. The minimum absolute atomic E-state index is 0.535. The van der Waals surface area contributed by atoms with Crippen LogP contribution in [0.1, 0.15) is 4.88 Å². The van der Waals surface area contributed by atoms with Gasteiger partial charge in [-0.15, -0.1) is 11.3 Å². The Labute approximate surface area is 100 Å². The summed E-state index contributed by atoms with van der Waals surface area (Å²) in [6, 6.07) is 7.90. The summed E-state index contributed by atoms with van der Waals surface area (Å²) in [5.74, 6) is 0.535. The molecule has 0 radical (unpaired) electrons. The third-order valence-corrected chi connectivity index (χ3v) is 3.54. The maximum atomic E-state index is 5.71. The molecule has 0 atom stereocenters. The van der Waals surface area contributed by atoms with Crippen molar-refractivity contribution in [3.05, 3.63) is 39.1 Å². The second-order valence-corrected chi connectivity index (χ2v) is 5.54. The van der Waals surface area contributed by atoms with Crippen molar-refractivity contribution in [3.63, 3.8) is 0 Å². The number of thiophene rings is 1. The molecule has 0 saturated carbocycles. The Kier molecular flexibility index (Phi) is 3.23. The largest absolute Gasteiger partial charge is 0.382 e. The number of nitrogens with one attached hydrogen (secondary N) is 1. The summed E-state index contributed by atoms with van der Waals surface area (Å²) in [6.45, 7) is 0.770. The molecule has 2 rings (SSSR count). The van der Waals surface area contributed by atoms with Crippen LogP contribution in [0.15, 0.2) is 34.2 Å². The minimum Gasteiger partial charge on any atom is -0.382 e. The molecule has 0 saturated heterocycles. The van der Waals surface area contributed by atoms with E-state index in [2.05, 4.69) is 32.3 Å². The standard InChI is InChI=1S/C10H10BrN3S/c11-9-4-3-7(15-9)6-14-8-2-1-5-13-10(8)12/h1-5,14H,6H2,(H2,12,13). The van der Waals surface area contributed by atoms with Crippen molar-refractivity contribution in [2.45, 2.75) is 6.54 Å². The molecule has 0 aliphatic rings. The highest BCUT2D eigenvalue weighted by molar-refractivity contribution is 9.11. The normalized spacial score (nSPS) is 10.2. The molecule has 2 heterocycles. The van der Waals surface area contributed by atoms with E-state index in [1.54, 1.807) is 17.5 Å². The molecule has 0 unspecified atom stereocenters. The predicted molar refractivity (Wildman–Crippen MR) is 68.0 cm³/mol. The molecule has 0 bridgehead atoms. The van der Waals surface area contributed by atoms with Gasteiger partial charge < -0.3 is 11.1 Å². The minimum atomic E-state index is 0.535. The number of nitrogens with zero attached hydrogens (tertiary/aromatic N) is 1. The molecular formula is C10H10BrN3S. The maximum absolute atomic E-state index is 5.71. The highest BCUT2D eigenvalue weighted by atomic mass is 79.9. The zero-order valence-corrected chi connectivity index (χ0v) is 10.3. The summed E-state index contributed by atoms with van der Waals surface area (Å²) in [6.07, 6.45) is 1.68. The molecule has 2 aromatic heterocycles. The monoisotopic (exact) mass is 283 g/mol. The van der Waals surface area contributed by atoms with Crippen molar-refractivity contribution >= 4 is 38.8 Å². The van der Waals surface area contributed by atoms with Gasteiger partial charge in [0, 0.05) is 17.6 Å². The van der Waals surface area contributed by atoms with Crippen LogP contribution in [0.2, 0.25) is 0 Å². The van der Waals surface area contributed by atoms with Gasteiger partial charge in [-0.3, -0.25) is 0 Å². The van der Waals surface area contributed by atoms with Crippen LogP contribution in [-0.2, 0) is 6.54 Å².